The summed E-state index contributed by atoms with van der Waals surface area (Å²) < 4.78 is 23.2. The highest BCUT2D eigenvalue weighted by Crippen LogP contribution is 2.45. The third-order valence-electron chi connectivity index (χ3n) is 6.83. The molecule has 1 saturated heterocycles. The van der Waals surface area contributed by atoms with E-state index in [1.54, 1.807) is 7.11 Å². The van der Waals surface area contributed by atoms with Crippen LogP contribution in [-0.2, 0) is 0 Å². The first-order valence-electron chi connectivity index (χ1n) is 11.4. The first-order valence-corrected chi connectivity index (χ1v) is 11.4. The smallest absolute Gasteiger partial charge is 0.161 e. The zero-order valence-electron chi connectivity index (χ0n) is 18.5. The van der Waals surface area contributed by atoms with Gasteiger partial charge in [-0.05, 0) is 42.7 Å². The number of fused-ring (bicyclic) bond motifs is 2. The van der Waals surface area contributed by atoms with Crippen molar-refractivity contribution in [3.8, 4) is 23.0 Å². The van der Waals surface area contributed by atoms with Crippen LogP contribution in [0.25, 0.3) is 0 Å². The molecule has 0 aliphatic carbocycles. The van der Waals surface area contributed by atoms with E-state index >= 15 is 0 Å². The molecule has 0 aromatic heterocycles. The summed E-state index contributed by atoms with van der Waals surface area (Å²) in [6.07, 6.45) is 1.90. The summed E-state index contributed by atoms with van der Waals surface area (Å²) >= 11 is 0. The predicted molar refractivity (Wildman–Crippen MR) is 119 cm³/mol. The molecular formula is C25H31NO6. The van der Waals surface area contributed by atoms with Crippen LogP contribution in [0.2, 0.25) is 0 Å². The molecule has 7 nitrogen and oxygen atoms in total. The van der Waals surface area contributed by atoms with Crippen LogP contribution in [0.1, 0.15) is 49.0 Å². The fraction of sp³-hybridized carbons (Fsp3) is 0.520. The van der Waals surface area contributed by atoms with Gasteiger partial charge in [-0.1, -0.05) is 6.07 Å². The number of methoxy groups -OCH3 is 1. The number of piperidine rings is 1. The molecule has 0 bridgehead atoms. The molecule has 5 rings (SSSR count). The van der Waals surface area contributed by atoms with Gasteiger partial charge in [0.05, 0.1) is 32.5 Å². The molecule has 2 aromatic rings. The minimum atomic E-state index is -0.607. The van der Waals surface area contributed by atoms with Crippen molar-refractivity contribution < 1.29 is 29.2 Å². The fourth-order valence-electron chi connectivity index (χ4n) is 4.93. The average Bonchev–Trinajstić information content (AvgIpc) is 3.05. The first kappa shape index (κ1) is 21.4. The highest BCUT2D eigenvalue weighted by atomic mass is 16.5. The third-order valence-corrected chi connectivity index (χ3v) is 6.83. The second-order valence-corrected chi connectivity index (χ2v) is 8.98. The van der Waals surface area contributed by atoms with Crippen molar-refractivity contribution >= 4 is 0 Å². The van der Waals surface area contributed by atoms with Crippen molar-refractivity contribution in [2.75, 3.05) is 40.0 Å². The number of aliphatic hydroxyl groups is 2. The van der Waals surface area contributed by atoms with Crippen LogP contribution in [0.15, 0.2) is 36.4 Å². The van der Waals surface area contributed by atoms with Crippen LogP contribution in [0.3, 0.4) is 0 Å². The minimum absolute atomic E-state index is 0.379. The molecule has 3 heterocycles. The fourth-order valence-corrected chi connectivity index (χ4v) is 4.93. The van der Waals surface area contributed by atoms with E-state index in [4.69, 9.17) is 18.9 Å². The van der Waals surface area contributed by atoms with Crippen molar-refractivity contribution in [2.45, 2.75) is 43.5 Å². The highest BCUT2D eigenvalue weighted by Gasteiger charge is 2.43. The Morgan fingerprint density at radius 2 is 1.84 bits per heavy atom. The lowest BCUT2D eigenvalue weighted by Gasteiger charge is -2.46. The van der Waals surface area contributed by atoms with E-state index in [1.165, 1.54) is 0 Å². The van der Waals surface area contributed by atoms with Gasteiger partial charge in [-0.25, -0.2) is 0 Å². The highest BCUT2D eigenvalue weighted by molar-refractivity contribution is 5.45. The van der Waals surface area contributed by atoms with E-state index in [9.17, 15) is 10.2 Å². The molecule has 1 fully saturated rings. The van der Waals surface area contributed by atoms with Crippen molar-refractivity contribution in [3.05, 3.63) is 47.5 Å². The van der Waals surface area contributed by atoms with E-state index in [0.29, 0.717) is 37.7 Å². The normalized spacial score (nSPS) is 23.0. The Balaban J connectivity index is 1.22. The number of β-amino-alcohol motifs (C(OH)–C–C–N with tert-alkyl or cyclic N) is 1. The van der Waals surface area contributed by atoms with Crippen LogP contribution < -0.4 is 18.9 Å². The summed E-state index contributed by atoms with van der Waals surface area (Å²) in [5.74, 6) is 2.88. The standard InChI is InChI=1S/C25H31NO6/c1-29-18-4-5-19-20(27)15-25(32-23(19)14-18)7-9-26(10-8-25)16-21(28)17-3-6-22-24(13-17)31-12-2-11-30-22/h3-6,13-14,20-21,27-28H,2,7-12,15-16H2,1H3. The van der Waals surface area contributed by atoms with Crippen LogP contribution >= 0.6 is 0 Å². The van der Waals surface area contributed by atoms with Crippen molar-refractivity contribution in [1.29, 1.82) is 0 Å². The van der Waals surface area contributed by atoms with Gasteiger partial charge in [-0.15, -0.1) is 0 Å². The maximum absolute atomic E-state index is 10.9. The van der Waals surface area contributed by atoms with Crippen LogP contribution in [-0.4, -0.2) is 60.7 Å². The second kappa shape index (κ2) is 8.81. The molecule has 0 radical (unpaired) electrons. The van der Waals surface area contributed by atoms with Gasteiger partial charge >= 0.3 is 0 Å². The van der Waals surface area contributed by atoms with E-state index in [2.05, 4.69) is 4.90 Å². The summed E-state index contributed by atoms with van der Waals surface area (Å²) in [4.78, 5) is 2.26. The largest absolute Gasteiger partial charge is 0.497 e. The molecule has 3 aliphatic heterocycles. The quantitative estimate of drug-likeness (QED) is 0.754. The molecule has 2 unspecified atom stereocenters. The maximum Gasteiger partial charge on any atom is 0.161 e. The Bertz CT molecular complexity index is 955. The lowest BCUT2D eigenvalue weighted by Crippen LogP contribution is -2.51. The van der Waals surface area contributed by atoms with Crippen molar-refractivity contribution in [3.63, 3.8) is 0 Å². The molecule has 2 atom stereocenters. The van der Waals surface area contributed by atoms with Crippen molar-refractivity contribution in [1.82, 2.24) is 4.90 Å². The van der Waals surface area contributed by atoms with E-state index in [1.807, 2.05) is 36.4 Å². The SMILES string of the molecule is COc1ccc2c(c1)OC1(CCN(CC(O)c3ccc4c(c3)OCCCO4)CC1)CC2O. The second-order valence-electron chi connectivity index (χ2n) is 8.98. The molecule has 7 heteroatoms. The van der Waals surface area contributed by atoms with E-state index in [-0.39, 0.29) is 5.60 Å². The number of aliphatic hydroxyl groups excluding tert-OH is 2. The number of hydrogen-bond acceptors (Lipinski definition) is 7. The van der Waals surface area contributed by atoms with Gasteiger partial charge in [0.25, 0.3) is 0 Å². The Hall–Kier alpha value is -2.48. The van der Waals surface area contributed by atoms with Crippen LogP contribution in [0.4, 0.5) is 0 Å². The Labute approximate surface area is 188 Å². The Morgan fingerprint density at radius 3 is 2.62 bits per heavy atom. The van der Waals surface area contributed by atoms with Gasteiger partial charge in [-0.2, -0.15) is 0 Å². The van der Waals surface area contributed by atoms with Crippen molar-refractivity contribution in [2.24, 2.45) is 0 Å². The van der Waals surface area contributed by atoms with Gasteiger partial charge in [0.15, 0.2) is 11.5 Å². The summed E-state index contributed by atoms with van der Waals surface area (Å²) in [7, 11) is 1.63. The Kier molecular flexibility index (Phi) is 5.88. The summed E-state index contributed by atoms with van der Waals surface area (Å²) in [6.45, 7) is 3.42. The maximum atomic E-state index is 10.9. The Morgan fingerprint density at radius 1 is 1.06 bits per heavy atom. The van der Waals surface area contributed by atoms with Gasteiger partial charge in [-0.3, -0.25) is 0 Å². The zero-order chi connectivity index (χ0) is 22.1. The molecule has 0 saturated carbocycles. The molecule has 172 valence electrons. The topological polar surface area (TPSA) is 80.6 Å². The summed E-state index contributed by atoms with van der Waals surface area (Å²) in [5, 5.41) is 21.6. The molecule has 0 amide bonds. The van der Waals surface area contributed by atoms with Crippen LogP contribution in [0, 0.1) is 0 Å². The lowest BCUT2D eigenvalue weighted by atomic mass is 9.81. The monoisotopic (exact) mass is 441 g/mol. The van der Waals surface area contributed by atoms with Gasteiger partial charge < -0.3 is 34.1 Å². The number of ether oxygens (including phenoxy) is 4. The predicted octanol–water partition coefficient (Wildman–Crippen LogP) is 3.24. The molecule has 32 heavy (non-hydrogen) atoms. The molecule has 2 N–H and O–H groups in total. The molecule has 2 aromatic carbocycles. The van der Waals surface area contributed by atoms with E-state index < -0.39 is 12.2 Å². The van der Waals surface area contributed by atoms with E-state index in [0.717, 1.165) is 55.0 Å². The zero-order valence-corrected chi connectivity index (χ0v) is 18.5. The lowest BCUT2D eigenvalue weighted by molar-refractivity contribution is -0.0588. The molecule has 3 aliphatic rings. The number of rotatable bonds is 4. The van der Waals surface area contributed by atoms with Gasteiger partial charge in [0.2, 0.25) is 0 Å². The minimum Gasteiger partial charge on any atom is -0.497 e. The number of likely N-dealkylation sites (tertiary alicyclic amines) is 1. The summed E-state index contributed by atoms with van der Waals surface area (Å²) in [6, 6.07) is 11.3. The van der Waals surface area contributed by atoms with Gasteiger partial charge in [0.1, 0.15) is 17.1 Å². The number of benzene rings is 2. The third kappa shape index (κ3) is 4.25. The number of hydrogen-bond donors (Lipinski definition) is 2. The molecular weight excluding hydrogens is 410 g/mol. The van der Waals surface area contributed by atoms with Crippen LogP contribution in [0.5, 0.6) is 23.0 Å². The number of nitrogens with zero attached hydrogens (tertiary/aromatic N) is 1. The molecule has 1 spiro atoms. The average molecular weight is 442 g/mol. The summed E-state index contributed by atoms with van der Waals surface area (Å²) in [5.41, 5.74) is 1.28. The first-order chi connectivity index (χ1) is 15.5. The van der Waals surface area contributed by atoms with Gasteiger partial charge in [0, 0.05) is 44.1 Å².